The Bertz CT molecular complexity index is 485. The molecule has 0 unspecified atom stereocenters. The summed E-state index contributed by atoms with van der Waals surface area (Å²) < 4.78 is 5.66. The van der Waals surface area contributed by atoms with E-state index in [1.807, 2.05) is 0 Å². The molecule has 0 radical (unpaired) electrons. The Balaban J connectivity index is 3.51. The molecule has 0 aliphatic carbocycles. The van der Waals surface area contributed by atoms with Crippen LogP contribution in [0.25, 0.3) is 0 Å². The monoisotopic (exact) mass is 396 g/mol. The quantitative estimate of drug-likeness (QED) is 0.497. The minimum atomic E-state index is -1.41. The van der Waals surface area contributed by atoms with Gasteiger partial charge < -0.3 is 8.46 Å². The van der Waals surface area contributed by atoms with Gasteiger partial charge in [0.2, 0.25) is 0 Å². The molecule has 0 spiro atoms. The summed E-state index contributed by atoms with van der Waals surface area (Å²) in [7, 11) is -5.65. The van der Waals surface area contributed by atoms with E-state index in [0.717, 1.165) is 0 Å². The molecule has 1 rings (SSSR count). The van der Waals surface area contributed by atoms with Crippen LogP contribution >= 0.6 is 0 Å². The summed E-state index contributed by atoms with van der Waals surface area (Å²) in [6, 6.07) is 9.46. The lowest BCUT2D eigenvalue weighted by molar-refractivity contribution is 1.32. The van der Waals surface area contributed by atoms with E-state index in [1.54, 1.807) is 0 Å². The van der Waals surface area contributed by atoms with E-state index in [4.69, 9.17) is 0 Å². The van der Waals surface area contributed by atoms with E-state index in [-0.39, 0.29) is 0 Å². The van der Waals surface area contributed by atoms with Gasteiger partial charge in [0.1, 0.15) is 32.9 Å². The Labute approximate surface area is 155 Å². The second-order valence-electron chi connectivity index (χ2n) is 10.9. The Morgan fingerprint density at radius 3 is 0.958 bits per heavy atom. The average Bonchev–Trinajstić information content (AvgIpc) is 2.20. The van der Waals surface area contributed by atoms with E-state index >= 15 is 0 Å². The maximum atomic E-state index is 2.83. The van der Waals surface area contributed by atoms with Gasteiger partial charge in [-0.05, 0) is 18.2 Å². The van der Waals surface area contributed by atoms with Crippen molar-refractivity contribution in [2.45, 2.75) is 78.6 Å². The van der Waals surface area contributed by atoms with Crippen LogP contribution in [-0.4, -0.2) is 32.9 Å². The van der Waals surface area contributed by atoms with Crippen LogP contribution in [0.3, 0.4) is 0 Å². The van der Waals surface area contributed by atoms with Gasteiger partial charge in [0.25, 0.3) is 0 Å². The van der Waals surface area contributed by atoms with Crippen LogP contribution in [0.2, 0.25) is 78.6 Å². The van der Waals surface area contributed by atoms with Gasteiger partial charge in [-0.2, -0.15) is 0 Å². The topological polar surface area (TPSA) is 6.48 Å². The lowest BCUT2D eigenvalue weighted by Gasteiger charge is -2.48. The molecule has 0 saturated carbocycles. The van der Waals surface area contributed by atoms with Crippen molar-refractivity contribution in [3.8, 4) is 0 Å². The van der Waals surface area contributed by atoms with E-state index in [0.29, 0.717) is 0 Å². The standard InChI is InChI=1S/C18H40N2Si4/c1-21(2,3)19(22(4,5)6)17-14-13-15-18(16-17)20(23(7,8)9)24(10,11)12/h13-16H,1-12H3. The van der Waals surface area contributed by atoms with Crippen molar-refractivity contribution in [2.75, 3.05) is 8.46 Å². The third-order valence-corrected chi connectivity index (χ3v) is 18.5. The maximum absolute atomic E-state index is 2.83. The number of benzene rings is 1. The average molecular weight is 397 g/mol. The summed E-state index contributed by atoms with van der Waals surface area (Å²) >= 11 is 0. The molecule has 0 heterocycles. The lowest BCUT2D eigenvalue weighted by Crippen LogP contribution is -2.60. The summed E-state index contributed by atoms with van der Waals surface area (Å²) in [4.78, 5) is 0. The highest BCUT2D eigenvalue weighted by Gasteiger charge is 2.37. The predicted octanol–water partition coefficient (Wildman–Crippen LogP) is 6.64. The molecule has 0 atom stereocenters. The van der Waals surface area contributed by atoms with Crippen LogP contribution in [-0.2, 0) is 0 Å². The molecular formula is C18H40N2Si4. The summed E-state index contributed by atoms with van der Waals surface area (Å²) in [5.74, 6) is 0. The molecule has 2 nitrogen and oxygen atoms in total. The Kier molecular flexibility index (Phi) is 6.13. The number of hydrogen-bond donors (Lipinski definition) is 0. The minimum Gasteiger partial charge on any atom is -0.424 e. The van der Waals surface area contributed by atoms with Crippen LogP contribution in [0.1, 0.15) is 0 Å². The van der Waals surface area contributed by atoms with Gasteiger partial charge in [0.05, 0.1) is 0 Å². The first-order valence-corrected chi connectivity index (χ1v) is 23.0. The minimum absolute atomic E-state index is 1.41. The molecule has 0 saturated heterocycles. The fraction of sp³-hybridized carbons (Fsp3) is 0.667. The van der Waals surface area contributed by atoms with Gasteiger partial charge in [-0.3, -0.25) is 0 Å². The molecule has 1 aromatic rings. The third kappa shape index (κ3) is 5.34. The van der Waals surface area contributed by atoms with E-state index in [9.17, 15) is 0 Å². The second-order valence-corrected chi connectivity index (χ2v) is 30.9. The molecular weight excluding hydrogens is 357 g/mol. The first-order valence-electron chi connectivity index (χ1n) is 9.16. The van der Waals surface area contributed by atoms with Crippen LogP contribution in [0.5, 0.6) is 0 Å². The predicted molar refractivity (Wildman–Crippen MR) is 125 cm³/mol. The van der Waals surface area contributed by atoms with Crippen molar-refractivity contribution in [1.29, 1.82) is 0 Å². The van der Waals surface area contributed by atoms with Crippen molar-refractivity contribution >= 4 is 44.3 Å². The molecule has 0 aromatic heterocycles. The van der Waals surface area contributed by atoms with Gasteiger partial charge in [0, 0.05) is 11.4 Å². The fourth-order valence-electron chi connectivity index (χ4n) is 4.33. The first kappa shape index (κ1) is 21.7. The number of nitrogens with zero attached hydrogens (tertiary/aromatic N) is 2. The smallest absolute Gasteiger partial charge is 0.138 e. The number of rotatable bonds is 6. The van der Waals surface area contributed by atoms with E-state index in [2.05, 4.69) is 111 Å². The third-order valence-electron chi connectivity index (χ3n) is 4.03. The van der Waals surface area contributed by atoms with Crippen molar-refractivity contribution in [3.05, 3.63) is 24.3 Å². The molecule has 1 aromatic carbocycles. The maximum Gasteiger partial charge on any atom is 0.138 e. The fourth-order valence-corrected chi connectivity index (χ4v) is 24.1. The molecule has 24 heavy (non-hydrogen) atoms. The largest absolute Gasteiger partial charge is 0.424 e. The molecule has 138 valence electrons. The summed E-state index contributed by atoms with van der Waals surface area (Å²) in [5, 5.41) is 0. The summed E-state index contributed by atoms with van der Waals surface area (Å²) in [5.41, 5.74) is 2.90. The molecule has 0 fully saturated rings. The van der Waals surface area contributed by atoms with Crippen LogP contribution in [0.15, 0.2) is 24.3 Å². The lowest BCUT2D eigenvalue weighted by atomic mass is 10.3. The van der Waals surface area contributed by atoms with Gasteiger partial charge in [-0.1, -0.05) is 84.6 Å². The summed E-state index contributed by atoms with van der Waals surface area (Å²) in [6.07, 6.45) is 0. The second kappa shape index (κ2) is 6.77. The normalized spacial score (nSPS) is 13.8. The van der Waals surface area contributed by atoms with Crippen LogP contribution in [0, 0.1) is 0 Å². The number of hydrogen-bond acceptors (Lipinski definition) is 2. The van der Waals surface area contributed by atoms with Crippen LogP contribution < -0.4 is 8.46 Å². The zero-order valence-electron chi connectivity index (χ0n) is 18.2. The van der Waals surface area contributed by atoms with E-state index in [1.165, 1.54) is 11.4 Å². The highest BCUT2D eigenvalue weighted by molar-refractivity contribution is 7.00. The van der Waals surface area contributed by atoms with Crippen molar-refractivity contribution in [1.82, 2.24) is 0 Å². The zero-order chi connectivity index (χ0) is 19.1. The number of anilines is 2. The van der Waals surface area contributed by atoms with Gasteiger partial charge >= 0.3 is 0 Å². The van der Waals surface area contributed by atoms with Gasteiger partial charge in [0.15, 0.2) is 0 Å². The first-order chi connectivity index (χ1) is 10.5. The molecule has 6 heteroatoms. The molecule has 0 amide bonds. The summed E-state index contributed by atoms with van der Waals surface area (Å²) in [6.45, 7) is 29.7. The SMILES string of the molecule is C[Si](C)(C)N(c1cccc(N([Si](C)(C)C)[Si](C)(C)C)c1)[Si](C)(C)C. The molecule has 0 bridgehead atoms. The Morgan fingerprint density at radius 1 is 0.500 bits per heavy atom. The zero-order valence-corrected chi connectivity index (χ0v) is 22.2. The van der Waals surface area contributed by atoms with Crippen molar-refractivity contribution < 1.29 is 0 Å². The highest BCUT2D eigenvalue weighted by Crippen LogP contribution is 2.34. The Hall–Kier alpha value is -0.312. The van der Waals surface area contributed by atoms with Gasteiger partial charge in [-0.15, -0.1) is 0 Å². The van der Waals surface area contributed by atoms with Gasteiger partial charge in [-0.25, -0.2) is 0 Å². The highest BCUT2D eigenvalue weighted by atomic mass is 28.4. The Morgan fingerprint density at radius 2 is 0.750 bits per heavy atom. The molecule has 0 N–H and O–H groups in total. The van der Waals surface area contributed by atoms with Crippen molar-refractivity contribution in [3.63, 3.8) is 0 Å². The van der Waals surface area contributed by atoms with E-state index < -0.39 is 32.9 Å². The molecule has 0 aliphatic heterocycles. The van der Waals surface area contributed by atoms with Crippen molar-refractivity contribution in [2.24, 2.45) is 0 Å². The molecule has 0 aliphatic rings. The van der Waals surface area contributed by atoms with Crippen LogP contribution in [0.4, 0.5) is 11.4 Å².